The molecule has 0 fully saturated rings. The van der Waals surface area contributed by atoms with E-state index >= 15 is 0 Å². The normalized spacial score (nSPS) is 11.7. The summed E-state index contributed by atoms with van der Waals surface area (Å²) in [5.74, 6) is 0.886. The van der Waals surface area contributed by atoms with Crippen LogP contribution in [0.4, 0.5) is 0 Å². The smallest absolute Gasteiger partial charge is 0.119 e. The second kappa shape index (κ2) is 5.10. The van der Waals surface area contributed by atoms with Crippen LogP contribution >= 0.6 is 12.4 Å². The minimum atomic E-state index is 0. The molecule has 74 valence electrons. The van der Waals surface area contributed by atoms with E-state index in [1.807, 2.05) is 32.0 Å². The molecule has 2 nitrogen and oxygen atoms in total. The third kappa shape index (κ3) is 2.90. The van der Waals surface area contributed by atoms with E-state index in [4.69, 9.17) is 10.5 Å². The number of halogens is 1. The number of hydrogen-bond acceptors (Lipinski definition) is 2. The average Bonchev–Trinajstić information content (AvgIpc) is 2.03. The van der Waals surface area contributed by atoms with Gasteiger partial charge in [0.05, 0.1) is 7.11 Å². The summed E-state index contributed by atoms with van der Waals surface area (Å²) in [5.41, 5.74) is 8.13. The third-order valence-electron chi connectivity index (χ3n) is 1.97. The van der Waals surface area contributed by atoms with E-state index in [1.165, 1.54) is 11.1 Å². The summed E-state index contributed by atoms with van der Waals surface area (Å²) in [6.07, 6.45) is 0. The van der Waals surface area contributed by atoms with Gasteiger partial charge in [0, 0.05) is 6.04 Å². The van der Waals surface area contributed by atoms with Crippen LogP contribution in [0, 0.1) is 6.92 Å². The SMILES string of the molecule is COc1ccc([C@@H](C)N)c(C)c1.Cl. The first-order chi connectivity index (χ1) is 5.65. The van der Waals surface area contributed by atoms with Crippen LogP contribution in [0.25, 0.3) is 0 Å². The Morgan fingerprint density at radius 1 is 1.38 bits per heavy atom. The monoisotopic (exact) mass is 201 g/mol. The highest BCUT2D eigenvalue weighted by Crippen LogP contribution is 2.20. The first-order valence-electron chi connectivity index (χ1n) is 4.05. The van der Waals surface area contributed by atoms with Crippen LogP contribution in [0.2, 0.25) is 0 Å². The van der Waals surface area contributed by atoms with Crippen LogP contribution in [0.15, 0.2) is 18.2 Å². The molecule has 0 unspecified atom stereocenters. The van der Waals surface area contributed by atoms with Crippen molar-refractivity contribution in [3.05, 3.63) is 29.3 Å². The van der Waals surface area contributed by atoms with Crippen LogP contribution in [-0.4, -0.2) is 7.11 Å². The zero-order valence-electron chi connectivity index (χ0n) is 8.20. The summed E-state index contributed by atoms with van der Waals surface area (Å²) in [4.78, 5) is 0. The number of hydrogen-bond donors (Lipinski definition) is 1. The van der Waals surface area contributed by atoms with Gasteiger partial charge in [-0.15, -0.1) is 12.4 Å². The lowest BCUT2D eigenvalue weighted by Crippen LogP contribution is -2.06. The maximum absolute atomic E-state index is 5.77. The lowest BCUT2D eigenvalue weighted by atomic mass is 10.0. The molecule has 13 heavy (non-hydrogen) atoms. The average molecular weight is 202 g/mol. The molecule has 1 rings (SSSR count). The van der Waals surface area contributed by atoms with E-state index in [9.17, 15) is 0 Å². The maximum Gasteiger partial charge on any atom is 0.119 e. The minimum Gasteiger partial charge on any atom is -0.497 e. The Balaban J connectivity index is 0.00000144. The molecule has 3 heteroatoms. The van der Waals surface area contributed by atoms with Gasteiger partial charge in [-0.2, -0.15) is 0 Å². The molecule has 0 bridgehead atoms. The minimum absolute atomic E-state index is 0. The van der Waals surface area contributed by atoms with Gasteiger partial charge in [0.2, 0.25) is 0 Å². The predicted octanol–water partition coefficient (Wildman–Crippen LogP) is 2.45. The topological polar surface area (TPSA) is 35.2 Å². The first-order valence-corrected chi connectivity index (χ1v) is 4.05. The van der Waals surface area contributed by atoms with Crippen molar-refractivity contribution in [2.75, 3.05) is 7.11 Å². The summed E-state index contributed by atoms with van der Waals surface area (Å²) in [6.45, 7) is 4.02. The van der Waals surface area contributed by atoms with Gasteiger partial charge in [0.15, 0.2) is 0 Å². The highest BCUT2D eigenvalue weighted by atomic mass is 35.5. The van der Waals surface area contributed by atoms with E-state index < -0.39 is 0 Å². The van der Waals surface area contributed by atoms with Crippen LogP contribution in [0.3, 0.4) is 0 Å². The largest absolute Gasteiger partial charge is 0.497 e. The van der Waals surface area contributed by atoms with Crippen molar-refractivity contribution in [2.24, 2.45) is 5.73 Å². The van der Waals surface area contributed by atoms with Crippen LogP contribution in [0.5, 0.6) is 5.75 Å². The third-order valence-corrected chi connectivity index (χ3v) is 1.97. The van der Waals surface area contributed by atoms with E-state index in [-0.39, 0.29) is 18.4 Å². The Kier molecular flexibility index (Phi) is 4.81. The van der Waals surface area contributed by atoms with Crippen LogP contribution < -0.4 is 10.5 Å². The highest BCUT2D eigenvalue weighted by Gasteiger charge is 2.03. The van der Waals surface area contributed by atoms with Crippen molar-refractivity contribution in [3.8, 4) is 5.75 Å². The van der Waals surface area contributed by atoms with Crippen molar-refractivity contribution in [1.82, 2.24) is 0 Å². The van der Waals surface area contributed by atoms with Gasteiger partial charge >= 0.3 is 0 Å². The molecule has 0 amide bonds. The lowest BCUT2D eigenvalue weighted by Gasteiger charge is -2.10. The second-order valence-corrected chi connectivity index (χ2v) is 3.01. The number of nitrogens with two attached hydrogens (primary N) is 1. The van der Waals surface area contributed by atoms with Gasteiger partial charge in [-0.25, -0.2) is 0 Å². The van der Waals surface area contributed by atoms with Crippen molar-refractivity contribution in [2.45, 2.75) is 19.9 Å². The van der Waals surface area contributed by atoms with Crippen LogP contribution in [0.1, 0.15) is 24.1 Å². The molecule has 0 spiro atoms. The molecular formula is C10H16ClNO. The quantitative estimate of drug-likeness (QED) is 0.798. The van der Waals surface area contributed by atoms with Gasteiger partial charge in [-0.1, -0.05) is 6.07 Å². The maximum atomic E-state index is 5.77. The van der Waals surface area contributed by atoms with E-state index in [1.54, 1.807) is 7.11 Å². The zero-order valence-corrected chi connectivity index (χ0v) is 9.02. The number of benzene rings is 1. The molecule has 0 aliphatic heterocycles. The molecule has 0 aromatic heterocycles. The summed E-state index contributed by atoms with van der Waals surface area (Å²) >= 11 is 0. The number of ether oxygens (including phenoxy) is 1. The highest BCUT2D eigenvalue weighted by molar-refractivity contribution is 5.85. The molecule has 0 saturated carbocycles. The second-order valence-electron chi connectivity index (χ2n) is 3.01. The summed E-state index contributed by atoms with van der Waals surface area (Å²) in [6, 6.07) is 6.04. The standard InChI is InChI=1S/C10H15NO.ClH/c1-7-6-9(12-3)4-5-10(7)8(2)11;/h4-6,8H,11H2,1-3H3;1H/t8-;/m1./s1. The fourth-order valence-electron chi connectivity index (χ4n) is 1.29. The Hall–Kier alpha value is -0.730. The molecule has 1 aromatic rings. The molecule has 0 aliphatic carbocycles. The fourth-order valence-corrected chi connectivity index (χ4v) is 1.29. The van der Waals surface area contributed by atoms with Crippen molar-refractivity contribution >= 4 is 12.4 Å². The molecule has 0 radical (unpaired) electrons. The number of rotatable bonds is 2. The zero-order chi connectivity index (χ0) is 9.14. The lowest BCUT2D eigenvalue weighted by molar-refractivity contribution is 0.414. The molecule has 1 atom stereocenters. The Labute approximate surface area is 85.5 Å². The fraction of sp³-hybridized carbons (Fsp3) is 0.400. The molecule has 1 aromatic carbocycles. The van der Waals surface area contributed by atoms with Crippen LogP contribution in [-0.2, 0) is 0 Å². The van der Waals surface area contributed by atoms with Gasteiger partial charge in [0.25, 0.3) is 0 Å². The Morgan fingerprint density at radius 3 is 2.38 bits per heavy atom. The van der Waals surface area contributed by atoms with Gasteiger partial charge in [-0.3, -0.25) is 0 Å². The van der Waals surface area contributed by atoms with Crippen molar-refractivity contribution in [1.29, 1.82) is 0 Å². The van der Waals surface area contributed by atoms with Crippen molar-refractivity contribution in [3.63, 3.8) is 0 Å². The molecule has 0 aliphatic rings. The van der Waals surface area contributed by atoms with E-state index in [0.29, 0.717) is 0 Å². The Bertz CT molecular complexity index is 274. The van der Waals surface area contributed by atoms with E-state index in [0.717, 1.165) is 5.75 Å². The molecule has 2 N–H and O–H groups in total. The predicted molar refractivity (Wildman–Crippen MR) is 57.6 cm³/mol. The Morgan fingerprint density at radius 2 is 2.00 bits per heavy atom. The van der Waals surface area contributed by atoms with E-state index in [2.05, 4.69) is 0 Å². The van der Waals surface area contributed by atoms with Gasteiger partial charge in [-0.05, 0) is 37.1 Å². The first kappa shape index (κ1) is 12.3. The molecular weight excluding hydrogens is 186 g/mol. The molecule has 0 saturated heterocycles. The summed E-state index contributed by atoms with van der Waals surface area (Å²) in [5, 5.41) is 0. The number of methoxy groups -OCH3 is 1. The van der Waals surface area contributed by atoms with Crippen molar-refractivity contribution < 1.29 is 4.74 Å². The summed E-state index contributed by atoms with van der Waals surface area (Å²) in [7, 11) is 1.67. The summed E-state index contributed by atoms with van der Waals surface area (Å²) < 4.78 is 5.09. The van der Waals surface area contributed by atoms with Gasteiger partial charge < -0.3 is 10.5 Å². The number of aryl methyl sites for hydroxylation is 1. The molecule has 0 heterocycles. The van der Waals surface area contributed by atoms with Gasteiger partial charge in [0.1, 0.15) is 5.75 Å².